The molecule has 7 heteroatoms. The number of halogens is 1. The normalized spacial score (nSPS) is 10.8. The second kappa shape index (κ2) is 10.1. The molecule has 0 aliphatic rings. The third-order valence-corrected chi connectivity index (χ3v) is 5.31. The van der Waals surface area contributed by atoms with Crippen molar-refractivity contribution in [1.29, 1.82) is 0 Å². The first kappa shape index (κ1) is 21.6. The lowest BCUT2D eigenvalue weighted by atomic mass is 10.0. The van der Waals surface area contributed by atoms with Crippen LogP contribution in [0, 0.1) is 0 Å². The lowest BCUT2D eigenvalue weighted by molar-refractivity contribution is -0.111. The van der Waals surface area contributed by atoms with Crippen LogP contribution in [-0.4, -0.2) is 25.6 Å². The van der Waals surface area contributed by atoms with Gasteiger partial charge in [0.25, 0.3) is 0 Å². The van der Waals surface area contributed by atoms with Crippen molar-refractivity contribution in [2.24, 2.45) is 0 Å². The average molecular weight is 442 g/mol. The number of thiophene rings is 1. The maximum atomic E-state index is 12.6. The van der Waals surface area contributed by atoms with Gasteiger partial charge in [-0.05, 0) is 48.4 Å². The van der Waals surface area contributed by atoms with Crippen molar-refractivity contribution in [3.8, 4) is 16.9 Å². The van der Waals surface area contributed by atoms with Crippen LogP contribution in [0.15, 0.2) is 60.0 Å². The van der Waals surface area contributed by atoms with Gasteiger partial charge in [-0.2, -0.15) is 0 Å². The van der Waals surface area contributed by atoms with Gasteiger partial charge in [0.05, 0.1) is 13.7 Å². The van der Waals surface area contributed by atoms with Crippen LogP contribution in [0.1, 0.15) is 22.8 Å². The molecule has 1 heterocycles. The van der Waals surface area contributed by atoms with E-state index in [4.69, 9.17) is 21.1 Å². The summed E-state index contributed by atoms with van der Waals surface area (Å²) >= 11 is 7.23. The number of benzene rings is 2. The highest BCUT2D eigenvalue weighted by atomic mass is 35.5. The standard InChI is InChI=1S/C23H20ClNO4S/c1-3-29-23(27)21-19(16-8-10-18(28-2)11-9-16)14-30-22(21)25-20(26)12-7-15-5-4-6-17(24)13-15/h4-14H,3H2,1-2H3,(H,25,26). The molecule has 3 aromatic rings. The summed E-state index contributed by atoms with van der Waals surface area (Å²) in [5.74, 6) is -0.131. The molecule has 0 bridgehead atoms. The second-order valence-corrected chi connectivity index (χ2v) is 7.50. The molecule has 0 saturated heterocycles. The molecule has 0 aliphatic heterocycles. The molecule has 0 fully saturated rings. The van der Waals surface area contributed by atoms with Gasteiger partial charge in [-0.15, -0.1) is 11.3 Å². The van der Waals surface area contributed by atoms with Crippen molar-refractivity contribution in [2.75, 3.05) is 19.0 Å². The molecule has 154 valence electrons. The van der Waals surface area contributed by atoms with Gasteiger partial charge in [-0.1, -0.05) is 35.9 Å². The van der Waals surface area contributed by atoms with Crippen molar-refractivity contribution in [1.82, 2.24) is 0 Å². The van der Waals surface area contributed by atoms with Crippen molar-refractivity contribution < 1.29 is 19.1 Å². The summed E-state index contributed by atoms with van der Waals surface area (Å²) in [6.07, 6.45) is 3.05. The van der Waals surface area contributed by atoms with E-state index in [1.54, 1.807) is 38.3 Å². The van der Waals surface area contributed by atoms with Crippen LogP contribution in [0.5, 0.6) is 5.75 Å². The highest BCUT2D eigenvalue weighted by Gasteiger charge is 2.22. The van der Waals surface area contributed by atoms with Gasteiger partial charge in [0, 0.05) is 22.0 Å². The number of carbonyl (C=O) groups is 2. The number of hydrogen-bond acceptors (Lipinski definition) is 5. The van der Waals surface area contributed by atoms with Gasteiger partial charge >= 0.3 is 5.97 Å². The largest absolute Gasteiger partial charge is 0.497 e. The van der Waals surface area contributed by atoms with Gasteiger partial charge in [0.1, 0.15) is 16.3 Å². The highest BCUT2D eigenvalue weighted by molar-refractivity contribution is 7.15. The van der Waals surface area contributed by atoms with Crippen molar-refractivity contribution in [2.45, 2.75) is 6.92 Å². The Kier molecular flexibility index (Phi) is 7.27. The second-order valence-electron chi connectivity index (χ2n) is 6.18. The molecule has 0 atom stereocenters. The number of nitrogens with one attached hydrogen (secondary N) is 1. The van der Waals surface area contributed by atoms with E-state index >= 15 is 0 Å². The quantitative estimate of drug-likeness (QED) is 0.366. The maximum Gasteiger partial charge on any atom is 0.341 e. The SMILES string of the molecule is CCOC(=O)c1c(-c2ccc(OC)cc2)csc1NC(=O)C=Cc1cccc(Cl)c1. The van der Waals surface area contributed by atoms with E-state index in [0.717, 1.165) is 11.1 Å². The lowest BCUT2D eigenvalue weighted by Crippen LogP contribution is -2.12. The Hall–Kier alpha value is -3.09. The fraction of sp³-hybridized carbons (Fsp3) is 0.130. The number of methoxy groups -OCH3 is 1. The Morgan fingerprint density at radius 3 is 2.60 bits per heavy atom. The maximum absolute atomic E-state index is 12.6. The predicted molar refractivity (Wildman–Crippen MR) is 121 cm³/mol. The van der Waals surface area contributed by atoms with E-state index < -0.39 is 5.97 Å². The molecule has 30 heavy (non-hydrogen) atoms. The summed E-state index contributed by atoms with van der Waals surface area (Å²) in [5.41, 5.74) is 2.64. The van der Waals surface area contributed by atoms with Gasteiger partial charge < -0.3 is 14.8 Å². The Labute approximate surface area is 183 Å². The molecule has 0 aliphatic carbocycles. The van der Waals surface area contributed by atoms with Crippen LogP contribution < -0.4 is 10.1 Å². The predicted octanol–water partition coefficient (Wildman–Crippen LogP) is 5.91. The van der Waals surface area contributed by atoms with Crippen LogP contribution in [0.3, 0.4) is 0 Å². The zero-order valence-corrected chi connectivity index (χ0v) is 18.0. The van der Waals surface area contributed by atoms with Crippen molar-refractivity contribution >= 4 is 45.9 Å². The zero-order chi connectivity index (χ0) is 21.5. The average Bonchev–Trinajstić information content (AvgIpc) is 3.16. The summed E-state index contributed by atoms with van der Waals surface area (Å²) < 4.78 is 10.4. The lowest BCUT2D eigenvalue weighted by Gasteiger charge is -2.08. The molecular formula is C23H20ClNO4S. The van der Waals surface area contributed by atoms with E-state index in [0.29, 0.717) is 26.9 Å². The number of ether oxygens (including phenoxy) is 2. The number of carbonyl (C=O) groups excluding carboxylic acids is 2. The van der Waals surface area contributed by atoms with Crippen LogP contribution >= 0.6 is 22.9 Å². The number of anilines is 1. The Balaban J connectivity index is 1.87. The molecule has 0 radical (unpaired) electrons. The third-order valence-electron chi connectivity index (χ3n) is 4.18. The van der Waals surface area contributed by atoms with Crippen LogP contribution in [0.2, 0.25) is 5.02 Å². The summed E-state index contributed by atoms with van der Waals surface area (Å²) in [4.78, 5) is 25.1. The monoisotopic (exact) mass is 441 g/mol. The molecule has 1 aromatic heterocycles. The van der Waals surface area contributed by atoms with Gasteiger partial charge in [-0.25, -0.2) is 4.79 Å². The highest BCUT2D eigenvalue weighted by Crippen LogP contribution is 2.37. The number of esters is 1. The summed E-state index contributed by atoms with van der Waals surface area (Å²) in [6.45, 7) is 1.97. The first-order valence-corrected chi connectivity index (χ1v) is 10.4. The molecule has 1 amide bonds. The first-order chi connectivity index (χ1) is 14.5. The summed E-state index contributed by atoms with van der Waals surface area (Å²) in [6, 6.07) is 14.5. The van der Waals surface area contributed by atoms with E-state index in [2.05, 4.69) is 5.32 Å². The molecule has 2 aromatic carbocycles. The molecule has 3 rings (SSSR count). The zero-order valence-electron chi connectivity index (χ0n) is 16.5. The van der Waals surface area contributed by atoms with Gasteiger partial charge in [0.15, 0.2) is 0 Å². The number of amides is 1. The van der Waals surface area contributed by atoms with Crippen molar-refractivity contribution in [3.63, 3.8) is 0 Å². The molecule has 0 saturated carbocycles. The van der Waals surface area contributed by atoms with Gasteiger partial charge in [-0.3, -0.25) is 4.79 Å². The minimum Gasteiger partial charge on any atom is -0.497 e. The van der Waals surface area contributed by atoms with Crippen LogP contribution in [0.4, 0.5) is 5.00 Å². The van der Waals surface area contributed by atoms with E-state index in [9.17, 15) is 9.59 Å². The van der Waals surface area contributed by atoms with Crippen LogP contribution in [-0.2, 0) is 9.53 Å². The Bertz CT molecular complexity index is 1070. The van der Waals surface area contributed by atoms with Crippen LogP contribution in [0.25, 0.3) is 17.2 Å². The minimum atomic E-state index is -0.487. The summed E-state index contributed by atoms with van der Waals surface area (Å²) in [7, 11) is 1.59. The number of rotatable bonds is 7. The fourth-order valence-corrected chi connectivity index (χ4v) is 3.93. The molecule has 0 unspecified atom stereocenters. The van der Waals surface area contributed by atoms with Crippen molar-refractivity contribution in [3.05, 3.63) is 76.1 Å². The third kappa shape index (κ3) is 5.28. The number of hydrogen-bond donors (Lipinski definition) is 1. The Morgan fingerprint density at radius 2 is 1.93 bits per heavy atom. The van der Waals surface area contributed by atoms with Gasteiger partial charge in [0.2, 0.25) is 5.91 Å². The smallest absolute Gasteiger partial charge is 0.341 e. The topological polar surface area (TPSA) is 64.6 Å². The van der Waals surface area contributed by atoms with E-state index in [1.807, 2.05) is 35.7 Å². The molecular weight excluding hydrogens is 422 g/mol. The summed E-state index contributed by atoms with van der Waals surface area (Å²) in [5, 5.41) is 5.62. The fourth-order valence-electron chi connectivity index (χ4n) is 2.77. The van der Waals surface area contributed by atoms with E-state index in [1.165, 1.54) is 17.4 Å². The molecule has 1 N–H and O–H groups in total. The molecule has 5 nitrogen and oxygen atoms in total. The minimum absolute atomic E-state index is 0.235. The first-order valence-electron chi connectivity index (χ1n) is 9.19. The Morgan fingerprint density at radius 1 is 1.17 bits per heavy atom. The van der Waals surface area contributed by atoms with E-state index in [-0.39, 0.29) is 12.5 Å². The molecule has 0 spiro atoms.